The number of thioether (sulfide) groups is 1. The lowest BCUT2D eigenvalue weighted by Gasteiger charge is -2.41. The molecule has 4 heterocycles. The zero-order valence-corrected chi connectivity index (χ0v) is 49.4. The van der Waals surface area contributed by atoms with E-state index in [0.717, 1.165) is 50.3 Å². The van der Waals surface area contributed by atoms with Crippen LogP contribution in [0.1, 0.15) is 82.6 Å². The van der Waals surface area contributed by atoms with Gasteiger partial charge in [0.05, 0.1) is 37.9 Å². The minimum Gasteiger partial charge on any atom is -0.497 e. The van der Waals surface area contributed by atoms with Gasteiger partial charge in [-0.15, -0.1) is 11.3 Å². The molecule has 0 aliphatic carbocycles. The molecule has 3 aliphatic rings. The van der Waals surface area contributed by atoms with Crippen LogP contribution in [0.25, 0.3) is 0 Å². The molecule has 29 heteroatoms. The van der Waals surface area contributed by atoms with Crippen molar-refractivity contribution in [3.8, 4) is 23.0 Å². The van der Waals surface area contributed by atoms with Crippen LogP contribution in [0.3, 0.4) is 0 Å². The molecule has 7 amide bonds. The molecular weight excluding hydrogens is 1140 g/mol. The number of hydrogen-bond acceptors (Lipinski definition) is 20. The molecule has 83 heavy (non-hydrogen) atoms. The lowest BCUT2D eigenvalue weighted by atomic mass is 10.1. The molecule has 3 atom stereocenters. The molecule has 444 valence electrons. The van der Waals surface area contributed by atoms with Crippen LogP contribution in [0.15, 0.2) is 76.3 Å². The van der Waals surface area contributed by atoms with Crippen molar-refractivity contribution in [2.75, 3.05) is 52.3 Å². The van der Waals surface area contributed by atoms with Gasteiger partial charge in [0, 0.05) is 25.0 Å². The molecular formula is C54H63ClN10O16S2. The van der Waals surface area contributed by atoms with E-state index < -0.39 is 93.0 Å². The van der Waals surface area contributed by atoms with Crippen LogP contribution in [0.5, 0.6) is 23.0 Å². The second-order valence-corrected chi connectivity index (χ2v) is 23.7. The first kappa shape index (κ1) is 62.2. The van der Waals surface area contributed by atoms with E-state index in [9.17, 15) is 43.5 Å². The predicted molar refractivity (Wildman–Crippen MR) is 304 cm³/mol. The van der Waals surface area contributed by atoms with Crippen molar-refractivity contribution in [3.05, 3.63) is 93.5 Å². The number of urea groups is 1. The number of carboxylic acids is 1. The Morgan fingerprint density at radius 3 is 2.05 bits per heavy atom. The Morgan fingerprint density at radius 2 is 1.45 bits per heavy atom. The number of carbonyl (C=O) groups excluding carboxylic acids is 7. The number of ether oxygens (including phenoxy) is 6. The van der Waals surface area contributed by atoms with Crippen molar-refractivity contribution in [2.45, 2.75) is 102 Å². The maximum Gasteiger partial charge on any atom is 0.413 e. The quantitative estimate of drug-likeness (QED) is 0.0198. The second kappa shape index (κ2) is 25.8. The average molecular weight is 1210 g/mol. The predicted octanol–water partition coefficient (Wildman–Crippen LogP) is 5.61. The Hall–Kier alpha value is -8.37. The van der Waals surface area contributed by atoms with Gasteiger partial charge in [0.1, 0.15) is 59.2 Å². The van der Waals surface area contributed by atoms with Crippen molar-refractivity contribution in [1.29, 1.82) is 0 Å². The Morgan fingerprint density at radius 1 is 0.831 bits per heavy atom. The lowest BCUT2D eigenvalue weighted by molar-refractivity contribution is -0.179. The smallest absolute Gasteiger partial charge is 0.413 e. The Bertz CT molecular complexity index is 3180. The minimum absolute atomic E-state index is 0.00190. The van der Waals surface area contributed by atoms with Crippen LogP contribution < -0.4 is 40.2 Å². The molecule has 3 saturated heterocycles. The maximum atomic E-state index is 14.1. The third-order valence-corrected chi connectivity index (χ3v) is 15.0. The van der Waals surface area contributed by atoms with Crippen molar-refractivity contribution in [3.63, 3.8) is 0 Å². The Kier molecular flexibility index (Phi) is 19.4. The molecule has 0 unspecified atom stereocenters. The van der Waals surface area contributed by atoms with Crippen LogP contribution in [-0.4, -0.2) is 165 Å². The van der Waals surface area contributed by atoms with Crippen molar-refractivity contribution >= 4 is 99.4 Å². The summed E-state index contributed by atoms with van der Waals surface area (Å²) in [4.78, 5) is 117. The number of nitrogens with one attached hydrogen (secondary N) is 4. The van der Waals surface area contributed by atoms with Crippen molar-refractivity contribution in [1.82, 2.24) is 35.7 Å². The fourth-order valence-corrected chi connectivity index (χ4v) is 10.6. The van der Waals surface area contributed by atoms with Crippen molar-refractivity contribution in [2.24, 2.45) is 10.3 Å². The Balaban J connectivity index is 0.951. The van der Waals surface area contributed by atoms with E-state index in [2.05, 4.69) is 36.5 Å². The van der Waals surface area contributed by atoms with Gasteiger partial charge in [-0.2, -0.15) is 5.10 Å². The lowest BCUT2D eigenvalue weighted by Crippen LogP contribution is -2.68. The Labute approximate surface area is 490 Å². The molecule has 5 N–H and O–H groups in total. The van der Waals surface area contributed by atoms with Crippen molar-refractivity contribution < 1.29 is 76.7 Å². The zero-order chi connectivity index (χ0) is 60.6. The largest absolute Gasteiger partial charge is 0.497 e. The summed E-state index contributed by atoms with van der Waals surface area (Å²) in [6.45, 7) is 12.0. The highest BCUT2D eigenvalue weighted by atomic mass is 35.5. The topological polar surface area (TPSA) is 317 Å². The number of nitrogens with zero attached hydrogens (tertiary/aromatic N) is 6. The highest BCUT2D eigenvalue weighted by molar-refractivity contribution is 8.02. The summed E-state index contributed by atoms with van der Waals surface area (Å²) in [5.41, 5.74) is -2.46. The number of hydrogen-bond donors (Lipinski definition) is 5. The summed E-state index contributed by atoms with van der Waals surface area (Å²) < 4.78 is 33.5. The third kappa shape index (κ3) is 15.4. The summed E-state index contributed by atoms with van der Waals surface area (Å²) in [7, 11) is 3.13. The van der Waals surface area contributed by atoms with Crippen LogP contribution in [0.4, 0.5) is 14.7 Å². The van der Waals surface area contributed by atoms with Gasteiger partial charge in [-0.3, -0.25) is 29.4 Å². The molecule has 3 fully saturated rings. The molecule has 0 spiro atoms. The highest BCUT2D eigenvalue weighted by Crippen LogP contribution is 2.50. The number of anilines is 1. The first-order chi connectivity index (χ1) is 39.1. The van der Waals surface area contributed by atoms with E-state index in [1.807, 2.05) is 24.3 Å². The molecule has 1 aromatic heterocycles. The minimum atomic E-state index is -2.05. The van der Waals surface area contributed by atoms with Crippen LogP contribution >= 0.6 is 34.7 Å². The number of halogens is 1. The second-order valence-electron chi connectivity index (χ2n) is 21.1. The molecule has 7 rings (SSSR count). The number of carboxylic acid groups (broad SMARTS) is 1. The summed E-state index contributed by atoms with van der Waals surface area (Å²) in [5.74, 6) is -3.57. The highest BCUT2D eigenvalue weighted by Gasteiger charge is 2.66. The van der Waals surface area contributed by atoms with Gasteiger partial charge in [0.2, 0.25) is 16.4 Å². The van der Waals surface area contributed by atoms with E-state index in [1.54, 1.807) is 86.1 Å². The first-order valence-corrected chi connectivity index (χ1v) is 27.8. The number of β-lactam (4-membered cyclic amide) rings is 1. The number of amides is 7. The fourth-order valence-electron chi connectivity index (χ4n) is 7.96. The molecule has 3 aliphatic heterocycles. The SMILES string of the molecule is COc1ccc(COc2ccc(C(=O)NCCNC(=O)/C=N/N3CCN([C@]4(C(=O)O)CN5C(=O)[C@@H](NC(=O)/C(=N\OC(C)(C)C(=O)OC(C)(C)C)c6csc(NC(=O)OC(C)(C)C)n6)[C@H]5S4)C3=O)c(Cl)c2OCc2ccc(OC)cc2)cc1. The first-order valence-electron chi connectivity index (χ1n) is 25.6. The van der Waals surface area contributed by atoms with Gasteiger partial charge in [-0.1, -0.05) is 52.8 Å². The number of methoxy groups -OCH3 is 2. The van der Waals surface area contributed by atoms with Gasteiger partial charge in [-0.25, -0.2) is 29.2 Å². The zero-order valence-electron chi connectivity index (χ0n) is 47.0. The van der Waals surface area contributed by atoms with Gasteiger partial charge in [-0.05, 0) is 103 Å². The molecule has 0 saturated carbocycles. The van der Waals surface area contributed by atoms with E-state index in [1.165, 1.54) is 30.2 Å². The van der Waals surface area contributed by atoms with Crippen LogP contribution in [0.2, 0.25) is 5.02 Å². The number of aromatic nitrogens is 1. The van der Waals surface area contributed by atoms with E-state index in [-0.39, 0.29) is 72.3 Å². The number of carbonyl (C=O) groups is 8. The number of benzene rings is 3. The standard InChI is InChI=1S/C54H63ClN10O16S2/c1-51(2,3)79-47(72)53(7,8)81-62-39(35-28-82-48(59-35)61-49(73)80-52(4,5)6)43(68)60-40-44(69)63-29-54(46(70)71,83-45(40)63)64-23-24-65(50(64)74)58-25-37(66)56-21-22-57-42(67)34-19-20-36(77-26-30-11-15-32(75-9)16-12-30)41(38(34)55)78-27-31-13-17-33(76-10)18-14-31/h11-20,25,28,40,45H,21-24,26-27,29H2,1-10H3,(H,56,66)(H,57,67)(H,60,68)(H,70,71)(H,59,61,73)/b58-25+,62-39-/t40-,45-,54-/m1/s1. The summed E-state index contributed by atoms with van der Waals surface area (Å²) in [6, 6.07) is 15.3. The van der Waals surface area contributed by atoms with E-state index >= 15 is 0 Å². The van der Waals surface area contributed by atoms with E-state index in [4.69, 9.17) is 44.9 Å². The summed E-state index contributed by atoms with van der Waals surface area (Å²) >= 11 is 8.46. The third-order valence-electron chi connectivity index (χ3n) is 12.1. The summed E-state index contributed by atoms with van der Waals surface area (Å²) in [6.07, 6.45) is -0.00903. The number of fused-ring (bicyclic) bond motifs is 1. The summed E-state index contributed by atoms with van der Waals surface area (Å²) in [5, 5.41) is 30.2. The van der Waals surface area contributed by atoms with Crippen LogP contribution in [-0.2, 0) is 51.5 Å². The number of oxime groups is 1. The monoisotopic (exact) mass is 1210 g/mol. The number of hydrazone groups is 1. The number of rotatable bonds is 23. The van der Waals surface area contributed by atoms with Gasteiger partial charge in [0.15, 0.2) is 22.3 Å². The molecule has 4 aromatic rings. The number of aliphatic carboxylic acids is 1. The van der Waals surface area contributed by atoms with Crippen LogP contribution in [0, 0.1) is 0 Å². The maximum absolute atomic E-state index is 14.1. The molecule has 0 bridgehead atoms. The fraction of sp³-hybridized carbons (Fsp3) is 0.426. The normalized spacial score (nSPS) is 18.0. The molecule has 3 aromatic carbocycles. The van der Waals surface area contributed by atoms with Gasteiger partial charge in [0.25, 0.3) is 17.7 Å². The van der Waals surface area contributed by atoms with Gasteiger partial charge < -0.3 is 59.2 Å². The van der Waals surface area contributed by atoms with Gasteiger partial charge >= 0.3 is 24.1 Å². The molecule has 0 radical (unpaired) electrons. The average Bonchev–Trinajstić information content (AvgIpc) is 3.09. The number of esters is 1. The number of thiazole rings is 1. The van der Waals surface area contributed by atoms with E-state index in [0.29, 0.717) is 11.5 Å². The molecule has 26 nitrogen and oxygen atoms in total.